The molecule has 0 saturated carbocycles. The summed E-state index contributed by atoms with van der Waals surface area (Å²) in [6.45, 7) is 8.91. The molecule has 0 N–H and O–H groups in total. The molecule has 0 fully saturated rings. The molecule has 156 valence electrons. The quantitative estimate of drug-likeness (QED) is 0.594. The number of carbonyl (C=O) groups excluding carboxylic acids is 1. The minimum Gasteiger partial charge on any atom is -0.268 e. The Kier molecular flexibility index (Phi) is 6.13. The molecule has 2 aromatic carbocycles. The van der Waals surface area contributed by atoms with E-state index in [1.807, 2.05) is 30.3 Å². The van der Waals surface area contributed by atoms with Gasteiger partial charge in [0.15, 0.2) is 0 Å². The van der Waals surface area contributed by atoms with Gasteiger partial charge in [-0.15, -0.1) is 12.4 Å². The monoisotopic (exact) mass is 422 g/mol. The first-order chi connectivity index (χ1) is 13.8. The van der Waals surface area contributed by atoms with Gasteiger partial charge in [-0.1, -0.05) is 59.7 Å². The summed E-state index contributed by atoms with van der Waals surface area (Å²) in [6.07, 6.45) is 4.15. The molecule has 4 rings (SSSR count). The summed E-state index contributed by atoms with van der Waals surface area (Å²) >= 11 is 0. The Morgan fingerprint density at radius 3 is 2.40 bits per heavy atom. The third-order valence-corrected chi connectivity index (χ3v) is 5.21. The molecule has 1 aliphatic rings. The van der Waals surface area contributed by atoms with E-state index in [0.29, 0.717) is 12.1 Å². The summed E-state index contributed by atoms with van der Waals surface area (Å²) in [7, 11) is 0. The van der Waals surface area contributed by atoms with Gasteiger partial charge >= 0.3 is 0 Å². The van der Waals surface area contributed by atoms with E-state index in [9.17, 15) is 4.79 Å². The summed E-state index contributed by atoms with van der Waals surface area (Å²) < 4.78 is 1.79. The Labute approximate surface area is 183 Å². The summed E-state index contributed by atoms with van der Waals surface area (Å²) in [6, 6.07) is 16.5. The van der Waals surface area contributed by atoms with Crippen molar-refractivity contribution in [3.05, 3.63) is 88.7 Å². The van der Waals surface area contributed by atoms with Crippen LogP contribution in [-0.4, -0.2) is 31.9 Å². The molecule has 0 saturated heterocycles. The topological polar surface area (TPSA) is 50.5 Å². The highest BCUT2D eigenvalue weighted by atomic mass is 35.5. The van der Waals surface area contributed by atoms with Crippen molar-refractivity contribution in [2.75, 3.05) is 0 Å². The standard InChI is InChI=1S/C24H26N4O.ClH/c1-17-10-18(2)12-20(11-17)22-13-24(3,4)28(26-22)23(29)21-14-25-27(16-21)15-19-8-6-5-7-9-19;/h5-12,14,16H,13,15H2,1-4H3;1H. The van der Waals surface area contributed by atoms with Crippen LogP contribution in [0.2, 0.25) is 0 Å². The lowest BCUT2D eigenvalue weighted by Crippen LogP contribution is -2.40. The Hall–Kier alpha value is -2.92. The van der Waals surface area contributed by atoms with Crippen molar-refractivity contribution < 1.29 is 4.79 Å². The molecule has 1 aromatic heterocycles. The van der Waals surface area contributed by atoms with E-state index in [2.05, 4.69) is 51.0 Å². The SMILES string of the molecule is Cc1cc(C)cc(C2=NN(C(=O)c3cnn(Cc4ccccc4)c3)C(C)(C)C2)c1.Cl. The molecule has 0 unspecified atom stereocenters. The average molecular weight is 423 g/mol. The molecule has 3 aromatic rings. The number of hydrazone groups is 1. The van der Waals surface area contributed by atoms with Crippen molar-refractivity contribution in [2.24, 2.45) is 5.10 Å². The first-order valence-electron chi connectivity index (χ1n) is 9.89. The van der Waals surface area contributed by atoms with E-state index in [-0.39, 0.29) is 23.9 Å². The van der Waals surface area contributed by atoms with Crippen LogP contribution in [0.5, 0.6) is 0 Å². The maximum atomic E-state index is 13.2. The number of hydrogen-bond acceptors (Lipinski definition) is 3. The molecule has 0 bridgehead atoms. The van der Waals surface area contributed by atoms with Crippen molar-refractivity contribution >= 4 is 24.0 Å². The molecule has 2 heterocycles. The third-order valence-electron chi connectivity index (χ3n) is 5.21. The first kappa shape index (κ1) is 21.8. The Bertz CT molecular complexity index is 1070. The lowest BCUT2D eigenvalue weighted by molar-refractivity contribution is 0.0612. The van der Waals surface area contributed by atoms with Crippen LogP contribution in [0.25, 0.3) is 0 Å². The molecule has 6 heteroatoms. The van der Waals surface area contributed by atoms with Gasteiger partial charge in [0.05, 0.1) is 29.6 Å². The zero-order valence-electron chi connectivity index (χ0n) is 17.8. The van der Waals surface area contributed by atoms with Crippen LogP contribution in [-0.2, 0) is 6.54 Å². The van der Waals surface area contributed by atoms with Crippen molar-refractivity contribution in [2.45, 2.75) is 46.2 Å². The fourth-order valence-electron chi connectivity index (χ4n) is 3.85. The largest absolute Gasteiger partial charge is 0.277 e. The van der Waals surface area contributed by atoms with Crippen LogP contribution >= 0.6 is 12.4 Å². The van der Waals surface area contributed by atoms with Crippen LogP contribution in [0.1, 0.15) is 52.9 Å². The van der Waals surface area contributed by atoms with Crippen molar-refractivity contribution in [1.29, 1.82) is 0 Å². The minimum absolute atomic E-state index is 0. The summed E-state index contributed by atoms with van der Waals surface area (Å²) in [5.41, 5.74) is 5.76. The molecule has 1 amide bonds. The number of halogens is 1. The van der Waals surface area contributed by atoms with Gasteiger partial charge in [0.1, 0.15) is 0 Å². The van der Waals surface area contributed by atoms with Crippen LogP contribution in [0.15, 0.2) is 66.0 Å². The Morgan fingerprint density at radius 2 is 1.73 bits per heavy atom. The van der Waals surface area contributed by atoms with Crippen molar-refractivity contribution in [3.8, 4) is 0 Å². The average Bonchev–Trinajstić information content (AvgIpc) is 3.25. The first-order valence-corrected chi connectivity index (χ1v) is 9.89. The molecular formula is C24H27ClN4O. The van der Waals surface area contributed by atoms with E-state index in [0.717, 1.165) is 23.3 Å². The lowest BCUT2D eigenvalue weighted by atomic mass is 9.93. The highest BCUT2D eigenvalue weighted by molar-refractivity contribution is 6.05. The molecule has 0 atom stereocenters. The molecule has 0 radical (unpaired) electrons. The third kappa shape index (κ3) is 4.46. The molecule has 0 spiro atoms. The maximum absolute atomic E-state index is 13.2. The fourth-order valence-corrected chi connectivity index (χ4v) is 3.85. The maximum Gasteiger partial charge on any atom is 0.277 e. The molecule has 1 aliphatic heterocycles. The van der Waals surface area contributed by atoms with Gasteiger partial charge in [0.25, 0.3) is 5.91 Å². The highest BCUT2D eigenvalue weighted by Crippen LogP contribution is 2.31. The van der Waals surface area contributed by atoms with Crippen LogP contribution in [0.4, 0.5) is 0 Å². The number of benzene rings is 2. The fraction of sp³-hybridized carbons (Fsp3) is 0.292. The predicted octanol–water partition coefficient (Wildman–Crippen LogP) is 5.00. The molecule has 30 heavy (non-hydrogen) atoms. The molecule has 5 nitrogen and oxygen atoms in total. The number of nitrogens with zero attached hydrogens (tertiary/aromatic N) is 4. The van der Waals surface area contributed by atoms with Crippen molar-refractivity contribution in [3.63, 3.8) is 0 Å². The van der Waals surface area contributed by atoms with E-state index in [4.69, 9.17) is 5.10 Å². The van der Waals surface area contributed by atoms with Crippen LogP contribution in [0.3, 0.4) is 0 Å². The highest BCUT2D eigenvalue weighted by Gasteiger charge is 2.39. The second-order valence-electron chi connectivity index (χ2n) is 8.44. The lowest BCUT2D eigenvalue weighted by Gasteiger charge is -2.28. The van der Waals surface area contributed by atoms with Gasteiger partial charge < -0.3 is 0 Å². The normalized spacial score (nSPS) is 14.9. The van der Waals surface area contributed by atoms with Crippen LogP contribution < -0.4 is 0 Å². The summed E-state index contributed by atoms with van der Waals surface area (Å²) in [5.74, 6) is -0.117. The smallest absolute Gasteiger partial charge is 0.268 e. The van der Waals surface area contributed by atoms with Crippen molar-refractivity contribution in [1.82, 2.24) is 14.8 Å². The second-order valence-corrected chi connectivity index (χ2v) is 8.44. The Balaban J connectivity index is 0.00000256. The van der Waals surface area contributed by atoms with Gasteiger partial charge in [-0.25, -0.2) is 5.01 Å². The minimum atomic E-state index is -0.383. The zero-order chi connectivity index (χ0) is 20.6. The summed E-state index contributed by atoms with van der Waals surface area (Å²) in [4.78, 5) is 13.2. The number of carbonyl (C=O) groups is 1. The number of amides is 1. The van der Waals surface area contributed by atoms with Gasteiger partial charge in [0, 0.05) is 12.6 Å². The number of aryl methyl sites for hydroxylation is 2. The molecule has 0 aliphatic carbocycles. The van der Waals surface area contributed by atoms with Crippen LogP contribution in [0, 0.1) is 13.8 Å². The van der Waals surface area contributed by atoms with E-state index in [1.54, 1.807) is 22.1 Å². The molecular weight excluding hydrogens is 396 g/mol. The van der Waals surface area contributed by atoms with Gasteiger partial charge in [-0.05, 0) is 38.8 Å². The Morgan fingerprint density at radius 1 is 1.07 bits per heavy atom. The number of aromatic nitrogens is 2. The van der Waals surface area contributed by atoms with E-state index < -0.39 is 0 Å². The van der Waals surface area contributed by atoms with E-state index in [1.165, 1.54) is 11.1 Å². The number of hydrogen-bond donors (Lipinski definition) is 0. The second kappa shape index (κ2) is 8.44. The van der Waals surface area contributed by atoms with Gasteiger partial charge in [-0.3, -0.25) is 9.48 Å². The van der Waals surface area contributed by atoms with E-state index >= 15 is 0 Å². The predicted molar refractivity (Wildman–Crippen MR) is 122 cm³/mol. The van der Waals surface area contributed by atoms with Gasteiger partial charge in [-0.2, -0.15) is 10.2 Å². The number of rotatable bonds is 4. The van der Waals surface area contributed by atoms with Gasteiger partial charge in [0.2, 0.25) is 0 Å². The zero-order valence-corrected chi connectivity index (χ0v) is 18.6. The summed E-state index contributed by atoms with van der Waals surface area (Å²) in [5, 5.41) is 10.7.